The Labute approximate surface area is 106 Å². The lowest BCUT2D eigenvalue weighted by Crippen LogP contribution is -2.13. The van der Waals surface area contributed by atoms with Crippen molar-refractivity contribution in [3.63, 3.8) is 0 Å². The number of ether oxygens (including phenoxy) is 1. The van der Waals surface area contributed by atoms with Gasteiger partial charge in [-0.05, 0) is 32.0 Å². The molecule has 0 aliphatic rings. The highest BCUT2D eigenvalue weighted by molar-refractivity contribution is 6.09. The van der Waals surface area contributed by atoms with Crippen LogP contribution in [0.3, 0.4) is 0 Å². The summed E-state index contributed by atoms with van der Waals surface area (Å²) in [5.41, 5.74) is 1.12. The first-order chi connectivity index (χ1) is 8.59. The Hall–Kier alpha value is -2.10. The van der Waals surface area contributed by atoms with E-state index in [1.807, 2.05) is 32.0 Å². The van der Waals surface area contributed by atoms with Gasteiger partial charge in [0.1, 0.15) is 11.4 Å². The molecule has 2 rings (SSSR count). The van der Waals surface area contributed by atoms with E-state index in [-0.39, 0.29) is 11.9 Å². The Morgan fingerprint density at radius 1 is 1.28 bits per heavy atom. The van der Waals surface area contributed by atoms with E-state index in [1.165, 1.54) is 0 Å². The van der Waals surface area contributed by atoms with Crippen molar-refractivity contribution in [1.29, 1.82) is 0 Å². The molecule has 4 heteroatoms. The molecule has 0 N–H and O–H groups in total. The largest absolute Gasteiger partial charge is 0.490 e. The molecular formula is C14H16N2O2. The fourth-order valence-corrected chi connectivity index (χ4v) is 1.75. The molecule has 0 unspecified atom stereocenters. The Kier molecular flexibility index (Phi) is 3.46. The summed E-state index contributed by atoms with van der Waals surface area (Å²) in [7, 11) is 1.75. The molecule has 94 valence electrons. The summed E-state index contributed by atoms with van der Waals surface area (Å²) in [5, 5.41) is 4.01. The minimum atomic E-state index is -0.0775. The van der Waals surface area contributed by atoms with Crippen molar-refractivity contribution >= 4 is 5.78 Å². The fraction of sp³-hybridized carbons (Fsp3) is 0.286. The van der Waals surface area contributed by atoms with Gasteiger partial charge < -0.3 is 4.74 Å². The van der Waals surface area contributed by atoms with Gasteiger partial charge in [-0.2, -0.15) is 5.10 Å². The lowest BCUT2D eigenvalue weighted by molar-refractivity contribution is 0.102. The molecule has 1 aromatic carbocycles. The zero-order valence-corrected chi connectivity index (χ0v) is 10.8. The van der Waals surface area contributed by atoms with E-state index in [1.54, 1.807) is 30.1 Å². The first kappa shape index (κ1) is 12.4. The fourth-order valence-electron chi connectivity index (χ4n) is 1.75. The number of hydrogen-bond donors (Lipinski definition) is 0. The number of nitrogens with zero attached hydrogens (tertiary/aromatic N) is 2. The molecule has 0 atom stereocenters. The molecule has 0 radical (unpaired) electrons. The van der Waals surface area contributed by atoms with Crippen molar-refractivity contribution in [2.24, 2.45) is 7.05 Å². The minimum absolute atomic E-state index is 0.0329. The second kappa shape index (κ2) is 5.04. The number of benzene rings is 1. The molecule has 0 fully saturated rings. The summed E-state index contributed by atoms with van der Waals surface area (Å²) < 4.78 is 7.22. The summed E-state index contributed by atoms with van der Waals surface area (Å²) in [6.07, 6.45) is 1.64. The number of ketones is 1. The van der Waals surface area contributed by atoms with Crippen molar-refractivity contribution in [3.8, 4) is 5.75 Å². The summed E-state index contributed by atoms with van der Waals surface area (Å²) in [5.74, 6) is 0.532. The summed E-state index contributed by atoms with van der Waals surface area (Å²) >= 11 is 0. The number of carbonyl (C=O) groups is 1. The Balaban J connectivity index is 2.39. The maximum absolute atomic E-state index is 12.4. The maximum atomic E-state index is 12.4. The van der Waals surface area contributed by atoms with E-state index in [4.69, 9.17) is 4.74 Å². The molecule has 0 bridgehead atoms. The zero-order chi connectivity index (χ0) is 13.1. The quantitative estimate of drug-likeness (QED) is 0.776. The average molecular weight is 244 g/mol. The van der Waals surface area contributed by atoms with E-state index >= 15 is 0 Å². The number of para-hydroxylation sites is 1. The summed E-state index contributed by atoms with van der Waals surface area (Å²) in [4.78, 5) is 12.4. The summed E-state index contributed by atoms with van der Waals surface area (Å²) in [6, 6.07) is 8.97. The van der Waals surface area contributed by atoms with Crippen LogP contribution in [0.2, 0.25) is 0 Å². The van der Waals surface area contributed by atoms with Gasteiger partial charge in [0.15, 0.2) is 0 Å². The first-order valence-electron chi connectivity index (χ1n) is 5.88. The molecule has 0 aliphatic carbocycles. The standard InChI is InChI=1S/C14H16N2O2/c1-10(2)18-13-7-5-4-6-11(13)14(17)12-8-9-15-16(12)3/h4-10H,1-3H3. The topological polar surface area (TPSA) is 44.1 Å². The van der Waals surface area contributed by atoms with Crippen LogP contribution in [0.25, 0.3) is 0 Å². The molecule has 1 heterocycles. The number of aryl methyl sites for hydroxylation is 1. The van der Waals surface area contributed by atoms with Crippen LogP contribution in [0.1, 0.15) is 29.9 Å². The van der Waals surface area contributed by atoms with E-state index < -0.39 is 0 Å². The predicted molar refractivity (Wildman–Crippen MR) is 68.8 cm³/mol. The molecular weight excluding hydrogens is 228 g/mol. The average Bonchev–Trinajstić information content (AvgIpc) is 2.74. The SMILES string of the molecule is CC(C)Oc1ccccc1C(=O)c1ccnn1C. The van der Waals surface area contributed by atoms with E-state index in [9.17, 15) is 4.79 Å². The molecule has 0 spiro atoms. The van der Waals surface area contributed by atoms with Gasteiger partial charge in [-0.3, -0.25) is 9.48 Å². The van der Waals surface area contributed by atoms with Crippen LogP contribution in [0, 0.1) is 0 Å². The van der Waals surface area contributed by atoms with E-state index in [0.29, 0.717) is 17.0 Å². The van der Waals surface area contributed by atoms with Crippen molar-refractivity contribution in [2.45, 2.75) is 20.0 Å². The lowest BCUT2D eigenvalue weighted by atomic mass is 10.1. The monoisotopic (exact) mass is 244 g/mol. The van der Waals surface area contributed by atoms with Crippen LogP contribution in [-0.2, 0) is 7.05 Å². The highest BCUT2D eigenvalue weighted by Crippen LogP contribution is 2.22. The molecule has 2 aromatic rings. The van der Waals surface area contributed by atoms with Crippen molar-refractivity contribution in [2.75, 3.05) is 0 Å². The highest BCUT2D eigenvalue weighted by atomic mass is 16.5. The third-order valence-electron chi connectivity index (χ3n) is 2.55. The number of carbonyl (C=O) groups excluding carboxylic acids is 1. The van der Waals surface area contributed by atoms with Gasteiger partial charge in [-0.1, -0.05) is 12.1 Å². The first-order valence-corrected chi connectivity index (χ1v) is 5.88. The van der Waals surface area contributed by atoms with Crippen LogP contribution in [0.4, 0.5) is 0 Å². The van der Waals surface area contributed by atoms with Crippen molar-refractivity contribution in [3.05, 3.63) is 47.8 Å². The summed E-state index contributed by atoms with van der Waals surface area (Å²) in [6.45, 7) is 3.87. The van der Waals surface area contributed by atoms with Gasteiger partial charge in [-0.25, -0.2) is 0 Å². The second-order valence-corrected chi connectivity index (χ2v) is 4.33. The third kappa shape index (κ3) is 2.42. The second-order valence-electron chi connectivity index (χ2n) is 4.33. The van der Waals surface area contributed by atoms with Gasteiger partial charge in [-0.15, -0.1) is 0 Å². The van der Waals surface area contributed by atoms with Crippen LogP contribution in [-0.4, -0.2) is 21.7 Å². The van der Waals surface area contributed by atoms with E-state index in [0.717, 1.165) is 0 Å². The van der Waals surface area contributed by atoms with E-state index in [2.05, 4.69) is 5.10 Å². The zero-order valence-electron chi connectivity index (χ0n) is 10.8. The molecule has 0 saturated heterocycles. The van der Waals surface area contributed by atoms with Crippen LogP contribution >= 0.6 is 0 Å². The van der Waals surface area contributed by atoms with Crippen LogP contribution < -0.4 is 4.74 Å². The molecule has 0 amide bonds. The number of rotatable bonds is 4. The van der Waals surface area contributed by atoms with Crippen molar-refractivity contribution in [1.82, 2.24) is 9.78 Å². The number of hydrogen-bond acceptors (Lipinski definition) is 3. The van der Waals surface area contributed by atoms with Gasteiger partial charge >= 0.3 is 0 Å². The minimum Gasteiger partial charge on any atom is -0.490 e. The smallest absolute Gasteiger partial charge is 0.214 e. The molecule has 4 nitrogen and oxygen atoms in total. The molecule has 18 heavy (non-hydrogen) atoms. The Morgan fingerprint density at radius 2 is 2.00 bits per heavy atom. The van der Waals surface area contributed by atoms with Gasteiger partial charge in [0.05, 0.1) is 11.7 Å². The maximum Gasteiger partial charge on any atom is 0.214 e. The normalized spacial score (nSPS) is 10.7. The van der Waals surface area contributed by atoms with Gasteiger partial charge in [0.2, 0.25) is 5.78 Å². The molecule has 0 aliphatic heterocycles. The van der Waals surface area contributed by atoms with Crippen molar-refractivity contribution < 1.29 is 9.53 Å². The lowest BCUT2D eigenvalue weighted by Gasteiger charge is -2.13. The molecule has 0 saturated carbocycles. The van der Waals surface area contributed by atoms with Gasteiger partial charge in [0.25, 0.3) is 0 Å². The van der Waals surface area contributed by atoms with Crippen LogP contribution in [0.5, 0.6) is 5.75 Å². The van der Waals surface area contributed by atoms with Crippen LogP contribution in [0.15, 0.2) is 36.5 Å². The number of aromatic nitrogens is 2. The third-order valence-corrected chi connectivity index (χ3v) is 2.55. The Bertz CT molecular complexity index is 558. The highest BCUT2D eigenvalue weighted by Gasteiger charge is 2.17. The van der Waals surface area contributed by atoms with Gasteiger partial charge in [0, 0.05) is 13.2 Å². The Morgan fingerprint density at radius 3 is 2.61 bits per heavy atom. The molecule has 1 aromatic heterocycles. The predicted octanol–water partition coefficient (Wildman–Crippen LogP) is 2.44.